The van der Waals surface area contributed by atoms with Crippen LogP contribution in [0.2, 0.25) is 0 Å². The number of hydrogen-bond donors (Lipinski definition) is 1. The van der Waals surface area contributed by atoms with Crippen LogP contribution in [0, 0.1) is 0 Å². The molecule has 0 aromatic heterocycles. The van der Waals surface area contributed by atoms with Crippen LogP contribution in [-0.4, -0.2) is 12.3 Å². The first kappa shape index (κ1) is 12.9. The van der Waals surface area contributed by atoms with Crippen LogP contribution in [0.25, 0.3) is 0 Å². The number of hydrogen-bond acceptors (Lipinski definition) is 2. The molecular formula is C12H19OPS. The number of rotatable bonds is 4. The van der Waals surface area contributed by atoms with E-state index in [2.05, 4.69) is 25.6 Å². The van der Waals surface area contributed by atoms with Crippen molar-refractivity contribution in [2.45, 2.75) is 32.1 Å². The van der Waals surface area contributed by atoms with Crippen molar-refractivity contribution in [3.63, 3.8) is 0 Å². The Hall–Kier alpha value is -0.200. The van der Waals surface area contributed by atoms with Crippen molar-refractivity contribution in [1.82, 2.24) is 0 Å². The maximum atomic E-state index is 12.5. The van der Waals surface area contributed by atoms with Crippen molar-refractivity contribution in [2.24, 2.45) is 0 Å². The molecule has 0 N–H and O–H groups in total. The highest BCUT2D eigenvalue weighted by molar-refractivity contribution is 7.80. The van der Waals surface area contributed by atoms with Gasteiger partial charge < -0.3 is 4.57 Å². The minimum atomic E-state index is -2.13. The summed E-state index contributed by atoms with van der Waals surface area (Å²) in [5.74, 6) is 0. The molecule has 15 heavy (non-hydrogen) atoms. The minimum Gasteiger partial charge on any atom is -0.319 e. The molecule has 0 saturated heterocycles. The van der Waals surface area contributed by atoms with Gasteiger partial charge in [0.05, 0.1) is 0 Å². The SMILES string of the molecule is CCc1cc(P(=O)(CC)CC)ccc1S. The number of benzene rings is 1. The Kier molecular flexibility index (Phi) is 4.48. The maximum absolute atomic E-state index is 12.5. The fourth-order valence-electron chi connectivity index (χ4n) is 1.70. The molecule has 1 nitrogen and oxygen atoms in total. The van der Waals surface area contributed by atoms with Crippen LogP contribution in [0.15, 0.2) is 23.1 Å². The molecule has 0 atom stereocenters. The average molecular weight is 242 g/mol. The topological polar surface area (TPSA) is 17.1 Å². The number of aryl methyl sites for hydroxylation is 1. The van der Waals surface area contributed by atoms with Gasteiger partial charge >= 0.3 is 0 Å². The van der Waals surface area contributed by atoms with Crippen LogP contribution in [-0.2, 0) is 11.0 Å². The van der Waals surface area contributed by atoms with E-state index >= 15 is 0 Å². The third-order valence-electron chi connectivity index (χ3n) is 2.94. The van der Waals surface area contributed by atoms with Crippen LogP contribution < -0.4 is 5.30 Å². The van der Waals surface area contributed by atoms with E-state index in [-0.39, 0.29) is 0 Å². The summed E-state index contributed by atoms with van der Waals surface area (Å²) in [7, 11) is -2.13. The summed E-state index contributed by atoms with van der Waals surface area (Å²) >= 11 is 4.39. The molecule has 0 aliphatic carbocycles. The summed E-state index contributed by atoms with van der Waals surface area (Å²) in [6.45, 7) is 6.11. The Balaban J connectivity index is 3.21. The van der Waals surface area contributed by atoms with Crippen molar-refractivity contribution in [2.75, 3.05) is 12.3 Å². The Morgan fingerprint density at radius 1 is 1.20 bits per heavy atom. The lowest BCUT2D eigenvalue weighted by Gasteiger charge is -2.16. The van der Waals surface area contributed by atoms with Crippen LogP contribution in [0.5, 0.6) is 0 Å². The summed E-state index contributed by atoms with van der Waals surface area (Å²) in [5.41, 5.74) is 1.19. The van der Waals surface area contributed by atoms with E-state index in [9.17, 15) is 4.57 Å². The van der Waals surface area contributed by atoms with Crippen molar-refractivity contribution < 1.29 is 4.57 Å². The molecule has 0 saturated carbocycles. The second-order valence-corrected chi connectivity index (χ2v) is 7.73. The van der Waals surface area contributed by atoms with Crippen LogP contribution >= 0.6 is 19.8 Å². The minimum absolute atomic E-state index is 0.749. The van der Waals surface area contributed by atoms with Gasteiger partial charge in [-0.25, -0.2) is 0 Å². The molecule has 0 fully saturated rings. The van der Waals surface area contributed by atoms with Crippen molar-refractivity contribution in [1.29, 1.82) is 0 Å². The molecule has 1 rings (SSSR count). The summed E-state index contributed by atoms with van der Waals surface area (Å²) in [4.78, 5) is 1.00. The molecule has 1 aromatic carbocycles. The zero-order valence-corrected chi connectivity index (χ0v) is 11.4. The van der Waals surface area contributed by atoms with Gasteiger partial charge in [-0.15, -0.1) is 12.6 Å². The average Bonchev–Trinajstić information content (AvgIpc) is 2.28. The molecule has 3 heteroatoms. The molecule has 0 unspecified atom stereocenters. The molecule has 0 radical (unpaired) electrons. The third kappa shape index (κ3) is 2.68. The maximum Gasteiger partial charge on any atom is 0.115 e. The normalized spacial score (nSPS) is 11.7. The monoisotopic (exact) mass is 242 g/mol. The Labute approximate surface area is 98.1 Å². The quantitative estimate of drug-likeness (QED) is 0.631. The Morgan fingerprint density at radius 2 is 1.80 bits per heavy atom. The molecule has 0 amide bonds. The highest BCUT2D eigenvalue weighted by atomic mass is 32.1. The van der Waals surface area contributed by atoms with E-state index in [1.54, 1.807) is 0 Å². The molecule has 0 bridgehead atoms. The highest BCUT2D eigenvalue weighted by Crippen LogP contribution is 2.43. The summed E-state index contributed by atoms with van der Waals surface area (Å²) in [6.07, 6.45) is 2.44. The second-order valence-electron chi connectivity index (χ2n) is 3.69. The smallest absolute Gasteiger partial charge is 0.115 e. The molecule has 0 spiro atoms. The zero-order chi connectivity index (χ0) is 11.5. The highest BCUT2D eigenvalue weighted by Gasteiger charge is 2.20. The van der Waals surface area contributed by atoms with E-state index in [0.29, 0.717) is 0 Å². The lowest BCUT2D eigenvalue weighted by molar-refractivity contribution is 0.582. The molecule has 0 aliphatic rings. The van der Waals surface area contributed by atoms with E-state index in [4.69, 9.17) is 0 Å². The molecule has 0 aliphatic heterocycles. The van der Waals surface area contributed by atoms with Gasteiger partial charge in [-0.05, 0) is 24.1 Å². The Morgan fingerprint density at radius 3 is 2.27 bits per heavy atom. The van der Waals surface area contributed by atoms with Gasteiger partial charge in [0.2, 0.25) is 0 Å². The Bertz CT molecular complexity index is 379. The lowest BCUT2D eigenvalue weighted by atomic mass is 10.2. The van der Waals surface area contributed by atoms with Gasteiger partial charge in [0.1, 0.15) is 7.14 Å². The first-order chi connectivity index (χ1) is 7.07. The van der Waals surface area contributed by atoms with Gasteiger partial charge in [-0.3, -0.25) is 0 Å². The summed E-state index contributed by atoms with van der Waals surface area (Å²) < 4.78 is 12.5. The summed E-state index contributed by atoms with van der Waals surface area (Å²) in [6, 6.07) is 6.00. The molecule has 1 aromatic rings. The predicted molar refractivity (Wildman–Crippen MR) is 71.4 cm³/mol. The van der Waals surface area contributed by atoms with Gasteiger partial charge in [-0.2, -0.15) is 0 Å². The predicted octanol–water partition coefficient (Wildman–Crippen LogP) is 3.57. The molecule has 0 heterocycles. The van der Waals surface area contributed by atoms with Crippen LogP contribution in [0.3, 0.4) is 0 Å². The van der Waals surface area contributed by atoms with Gasteiger partial charge in [0, 0.05) is 22.5 Å². The fourth-order valence-corrected chi connectivity index (χ4v) is 3.91. The lowest BCUT2D eigenvalue weighted by Crippen LogP contribution is -2.09. The number of thiol groups is 1. The van der Waals surface area contributed by atoms with Crippen LogP contribution in [0.4, 0.5) is 0 Å². The fraction of sp³-hybridized carbons (Fsp3) is 0.500. The van der Waals surface area contributed by atoms with E-state index < -0.39 is 7.14 Å². The van der Waals surface area contributed by atoms with Crippen molar-refractivity contribution >= 4 is 25.1 Å². The zero-order valence-electron chi connectivity index (χ0n) is 9.66. The van der Waals surface area contributed by atoms with E-state index in [0.717, 1.165) is 28.9 Å². The van der Waals surface area contributed by atoms with Gasteiger partial charge in [-0.1, -0.05) is 26.8 Å². The summed E-state index contributed by atoms with van der Waals surface area (Å²) in [5, 5.41) is 1.02. The molecular weight excluding hydrogens is 223 g/mol. The third-order valence-corrected chi connectivity index (χ3v) is 6.64. The van der Waals surface area contributed by atoms with Crippen molar-refractivity contribution in [3.8, 4) is 0 Å². The first-order valence-electron chi connectivity index (χ1n) is 5.48. The van der Waals surface area contributed by atoms with E-state index in [1.807, 2.05) is 26.0 Å². The first-order valence-corrected chi connectivity index (χ1v) is 8.00. The van der Waals surface area contributed by atoms with Gasteiger partial charge in [0.25, 0.3) is 0 Å². The molecule has 84 valence electrons. The van der Waals surface area contributed by atoms with Crippen LogP contribution in [0.1, 0.15) is 26.3 Å². The van der Waals surface area contributed by atoms with Gasteiger partial charge in [0.15, 0.2) is 0 Å². The largest absolute Gasteiger partial charge is 0.319 e. The standard InChI is InChI=1S/C12H19OPS/c1-4-10-9-11(7-8-12(10)15)14(13,5-2)6-3/h7-9,15H,4-6H2,1-3H3. The van der Waals surface area contributed by atoms with Crippen molar-refractivity contribution in [3.05, 3.63) is 23.8 Å². The second kappa shape index (κ2) is 5.23. The van der Waals surface area contributed by atoms with E-state index in [1.165, 1.54) is 5.56 Å².